The SMILES string of the molecule is COCC1CCN(CC2CNc3ccccc3C2)CC1. The monoisotopic (exact) mass is 274 g/mol. The van der Waals surface area contributed by atoms with E-state index >= 15 is 0 Å². The molecule has 1 atom stereocenters. The number of rotatable bonds is 4. The van der Waals surface area contributed by atoms with E-state index in [4.69, 9.17) is 4.74 Å². The van der Waals surface area contributed by atoms with E-state index < -0.39 is 0 Å². The molecule has 1 N–H and O–H groups in total. The number of likely N-dealkylation sites (tertiary alicyclic amines) is 1. The zero-order chi connectivity index (χ0) is 13.8. The van der Waals surface area contributed by atoms with E-state index in [0.29, 0.717) is 0 Å². The van der Waals surface area contributed by atoms with Gasteiger partial charge in [0.25, 0.3) is 0 Å². The summed E-state index contributed by atoms with van der Waals surface area (Å²) in [6.07, 6.45) is 3.82. The molecule has 3 nitrogen and oxygen atoms in total. The van der Waals surface area contributed by atoms with Crippen LogP contribution in [0.15, 0.2) is 24.3 Å². The van der Waals surface area contributed by atoms with Crippen molar-refractivity contribution in [3.8, 4) is 0 Å². The van der Waals surface area contributed by atoms with Gasteiger partial charge in [-0.15, -0.1) is 0 Å². The Balaban J connectivity index is 1.48. The van der Waals surface area contributed by atoms with Gasteiger partial charge >= 0.3 is 0 Å². The molecule has 0 bridgehead atoms. The molecule has 0 amide bonds. The summed E-state index contributed by atoms with van der Waals surface area (Å²) in [6, 6.07) is 8.73. The number of anilines is 1. The van der Waals surface area contributed by atoms with Crippen LogP contribution in [0.25, 0.3) is 0 Å². The molecule has 2 aliphatic heterocycles. The Labute approximate surface area is 122 Å². The highest BCUT2D eigenvalue weighted by atomic mass is 16.5. The molecular formula is C17H26N2O. The first-order chi connectivity index (χ1) is 9.85. The van der Waals surface area contributed by atoms with Gasteiger partial charge in [-0.2, -0.15) is 0 Å². The number of nitrogens with zero attached hydrogens (tertiary/aromatic N) is 1. The minimum Gasteiger partial charge on any atom is -0.384 e. The summed E-state index contributed by atoms with van der Waals surface area (Å²) >= 11 is 0. The van der Waals surface area contributed by atoms with Crippen molar-refractivity contribution in [2.45, 2.75) is 19.3 Å². The molecule has 0 radical (unpaired) electrons. The fourth-order valence-electron chi connectivity index (χ4n) is 3.57. The van der Waals surface area contributed by atoms with Gasteiger partial charge in [0.05, 0.1) is 0 Å². The molecule has 0 aromatic heterocycles. The zero-order valence-corrected chi connectivity index (χ0v) is 12.5. The van der Waals surface area contributed by atoms with Crippen LogP contribution in [0.5, 0.6) is 0 Å². The van der Waals surface area contributed by atoms with Crippen molar-refractivity contribution in [3.63, 3.8) is 0 Å². The number of fused-ring (bicyclic) bond motifs is 1. The van der Waals surface area contributed by atoms with Gasteiger partial charge in [0.1, 0.15) is 0 Å². The van der Waals surface area contributed by atoms with E-state index in [9.17, 15) is 0 Å². The number of methoxy groups -OCH3 is 1. The second-order valence-electron chi connectivity index (χ2n) is 6.31. The molecule has 3 rings (SSSR count). The highest BCUT2D eigenvalue weighted by Crippen LogP contribution is 2.26. The Bertz CT molecular complexity index is 427. The minimum atomic E-state index is 0.754. The van der Waals surface area contributed by atoms with Crippen molar-refractivity contribution in [3.05, 3.63) is 29.8 Å². The normalized spacial score (nSPS) is 24.1. The first kappa shape index (κ1) is 13.9. The summed E-state index contributed by atoms with van der Waals surface area (Å²) in [5.41, 5.74) is 2.82. The largest absolute Gasteiger partial charge is 0.384 e. The fraction of sp³-hybridized carbons (Fsp3) is 0.647. The van der Waals surface area contributed by atoms with Crippen LogP contribution in [-0.4, -0.2) is 44.8 Å². The van der Waals surface area contributed by atoms with Crippen LogP contribution in [0.4, 0.5) is 5.69 Å². The molecule has 1 fully saturated rings. The van der Waals surface area contributed by atoms with Crippen molar-refractivity contribution in [2.75, 3.05) is 45.2 Å². The molecule has 0 aliphatic carbocycles. The molecule has 0 spiro atoms. The maximum atomic E-state index is 5.28. The molecule has 110 valence electrons. The predicted octanol–water partition coefficient (Wildman–Crippen LogP) is 2.63. The third-order valence-electron chi connectivity index (χ3n) is 4.73. The lowest BCUT2D eigenvalue weighted by atomic mass is 9.92. The predicted molar refractivity (Wildman–Crippen MR) is 83.2 cm³/mol. The van der Waals surface area contributed by atoms with E-state index in [1.807, 2.05) is 7.11 Å². The van der Waals surface area contributed by atoms with Crippen LogP contribution in [0.3, 0.4) is 0 Å². The Hall–Kier alpha value is -1.06. The molecule has 1 aromatic carbocycles. The Morgan fingerprint density at radius 3 is 2.80 bits per heavy atom. The van der Waals surface area contributed by atoms with Gasteiger partial charge in [-0.1, -0.05) is 18.2 Å². The lowest BCUT2D eigenvalue weighted by Gasteiger charge is -2.35. The van der Waals surface area contributed by atoms with Crippen LogP contribution in [0.2, 0.25) is 0 Å². The standard InChI is InChI=1S/C17H26N2O/c1-20-13-14-6-8-19(9-7-14)12-15-10-16-4-2-3-5-17(16)18-11-15/h2-5,14-15,18H,6-13H2,1H3. The molecule has 1 saturated heterocycles. The third kappa shape index (κ3) is 3.33. The molecule has 2 heterocycles. The van der Waals surface area contributed by atoms with E-state index in [2.05, 4.69) is 34.5 Å². The molecule has 3 heteroatoms. The van der Waals surface area contributed by atoms with Crippen molar-refractivity contribution in [2.24, 2.45) is 11.8 Å². The number of hydrogen-bond donors (Lipinski definition) is 1. The summed E-state index contributed by atoms with van der Waals surface area (Å²) in [4.78, 5) is 2.65. The molecule has 0 saturated carbocycles. The summed E-state index contributed by atoms with van der Waals surface area (Å²) in [5.74, 6) is 1.53. The van der Waals surface area contributed by atoms with Crippen LogP contribution >= 0.6 is 0 Å². The Morgan fingerprint density at radius 2 is 2.00 bits per heavy atom. The lowest BCUT2D eigenvalue weighted by Crippen LogP contribution is -2.41. The molecule has 1 aromatic rings. The number of nitrogens with one attached hydrogen (secondary N) is 1. The summed E-state index contributed by atoms with van der Waals surface area (Å²) in [6.45, 7) is 5.78. The molecule has 20 heavy (non-hydrogen) atoms. The quantitative estimate of drug-likeness (QED) is 0.913. The van der Waals surface area contributed by atoms with Gasteiger partial charge in [0.2, 0.25) is 0 Å². The van der Waals surface area contributed by atoms with Crippen LogP contribution < -0.4 is 5.32 Å². The minimum absolute atomic E-state index is 0.754. The number of para-hydroxylation sites is 1. The second-order valence-corrected chi connectivity index (χ2v) is 6.31. The average Bonchev–Trinajstić information content (AvgIpc) is 2.49. The summed E-state index contributed by atoms with van der Waals surface area (Å²) < 4.78 is 5.28. The highest BCUT2D eigenvalue weighted by molar-refractivity contribution is 5.53. The van der Waals surface area contributed by atoms with E-state index in [0.717, 1.165) is 25.0 Å². The number of hydrogen-bond acceptors (Lipinski definition) is 3. The summed E-state index contributed by atoms with van der Waals surface area (Å²) in [7, 11) is 1.82. The van der Waals surface area contributed by atoms with Gasteiger partial charge < -0.3 is 15.0 Å². The first-order valence-corrected chi connectivity index (χ1v) is 7.88. The van der Waals surface area contributed by atoms with E-state index in [1.165, 1.54) is 50.1 Å². The van der Waals surface area contributed by atoms with Crippen molar-refractivity contribution >= 4 is 5.69 Å². The first-order valence-electron chi connectivity index (χ1n) is 7.88. The maximum Gasteiger partial charge on any atom is 0.0491 e. The zero-order valence-electron chi connectivity index (χ0n) is 12.5. The van der Waals surface area contributed by atoms with Crippen LogP contribution in [0, 0.1) is 11.8 Å². The number of piperidine rings is 1. The molecule has 2 aliphatic rings. The van der Waals surface area contributed by atoms with Crippen molar-refractivity contribution in [1.29, 1.82) is 0 Å². The van der Waals surface area contributed by atoms with Gasteiger partial charge in [-0.3, -0.25) is 0 Å². The Kier molecular flexibility index (Phi) is 4.58. The van der Waals surface area contributed by atoms with E-state index in [-0.39, 0.29) is 0 Å². The van der Waals surface area contributed by atoms with Crippen LogP contribution in [-0.2, 0) is 11.2 Å². The number of ether oxygens (including phenoxy) is 1. The summed E-state index contributed by atoms with van der Waals surface area (Å²) in [5, 5.41) is 3.58. The van der Waals surface area contributed by atoms with Gasteiger partial charge in [-0.05, 0) is 55.8 Å². The van der Waals surface area contributed by atoms with Crippen molar-refractivity contribution < 1.29 is 4.74 Å². The van der Waals surface area contributed by atoms with Crippen molar-refractivity contribution in [1.82, 2.24) is 4.90 Å². The molecule has 1 unspecified atom stereocenters. The van der Waals surface area contributed by atoms with Gasteiger partial charge in [-0.25, -0.2) is 0 Å². The topological polar surface area (TPSA) is 24.5 Å². The second kappa shape index (κ2) is 6.59. The number of benzene rings is 1. The smallest absolute Gasteiger partial charge is 0.0491 e. The highest BCUT2D eigenvalue weighted by Gasteiger charge is 2.24. The van der Waals surface area contributed by atoms with Gasteiger partial charge in [0, 0.05) is 32.5 Å². The fourth-order valence-corrected chi connectivity index (χ4v) is 3.57. The third-order valence-corrected chi connectivity index (χ3v) is 4.73. The maximum absolute atomic E-state index is 5.28. The van der Waals surface area contributed by atoms with Crippen LogP contribution in [0.1, 0.15) is 18.4 Å². The lowest BCUT2D eigenvalue weighted by molar-refractivity contribution is 0.0931. The average molecular weight is 274 g/mol. The Morgan fingerprint density at radius 1 is 1.20 bits per heavy atom. The van der Waals surface area contributed by atoms with E-state index in [1.54, 1.807) is 0 Å². The molecular weight excluding hydrogens is 248 g/mol. The van der Waals surface area contributed by atoms with Gasteiger partial charge in [0.15, 0.2) is 0 Å².